The highest BCUT2D eigenvalue weighted by Crippen LogP contribution is 2.04. The molecule has 0 aliphatic rings. The van der Waals surface area contributed by atoms with Crippen LogP contribution in [0.5, 0.6) is 0 Å². The summed E-state index contributed by atoms with van der Waals surface area (Å²) in [4.78, 5) is 0. The zero-order valence-electron chi connectivity index (χ0n) is 9.43. The van der Waals surface area contributed by atoms with E-state index >= 15 is 0 Å². The largest absolute Gasteiger partial charge is 0.375 e. The molecule has 0 fully saturated rings. The molecule has 0 saturated carbocycles. The fraction of sp³-hybridized carbons (Fsp3) is 0.167. The average molecular weight is 249 g/mol. The quantitative estimate of drug-likeness (QED) is 0.264. The van der Waals surface area contributed by atoms with Crippen molar-refractivity contribution < 1.29 is 4.74 Å². The van der Waals surface area contributed by atoms with Crippen molar-refractivity contribution in [3.05, 3.63) is 48.0 Å². The third-order valence-corrected chi connectivity index (χ3v) is 1.96. The standard InChI is InChI=1S/C12H15N3OS/c1-2-7-16-9-11-5-3-10(4-6-11)8-14-15-12(13)17/h2-6,8H,1,7,9H2,(H3,13,15,17). The summed E-state index contributed by atoms with van der Waals surface area (Å²) in [7, 11) is 0. The Morgan fingerprint density at radius 1 is 1.47 bits per heavy atom. The van der Waals surface area contributed by atoms with Crippen molar-refractivity contribution in [3.63, 3.8) is 0 Å². The lowest BCUT2D eigenvalue weighted by Gasteiger charge is -2.02. The molecule has 0 atom stereocenters. The van der Waals surface area contributed by atoms with E-state index in [-0.39, 0.29) is 5.11 Å². The topological polar surface area (TPSA) is 59.6 Å². The van der Waals surface area contributed by atoms with E-state index in [2.05, 4.69) is 29.3 Å². The van der Waals surface area contributed by atoms with Gasteiger partial charge in [-0.3, -0.25) is 5.43 Å². The van der Waals surface area contributed by atoms with E-state index in [9.17, 15) is 0 Å². The number of ether oxygens (including phenoxy) is 1. The molecule has 0 aliphatic heterocycles. The number of rotatable bonds is 6. The van der Waals surface area contributed by atoms with Crippen LogP contribution in [0, 0.1) is 0 Å². The maximum Gasteiger partial charge on any atom is 0.184 e. The van der Waals surface area contributed by atoms with Gasteiger partial charge in [0.05, 0.1) is 19.4 Å². The van der Waals surface area contributed by atoms with Crippen LogP contribution in [0.3, 0.4) is 0 Å². The van der Waals surface area contributed by atoms with Crippen molar-refractivity contribution in [2.24, 2.45) is 10.8 Å². The molecule has 90 valence electrons. The summed E-state index contributed by atoms with van der Waals surface area (Å²) < 4.78 is 5.32. The molecule has 0 radical (unpaired) electrons. The van der Waals surface area contributed by atoms with Crippen molar-refractivity contribution in [2.45, 2.75) is 6.61 Å². The van der Waals surface area contributed by atoms with Gasteiger partial charge in [-0.2, -0.15) is 5.10 Å². The van der Waals surface area contributed by atoms with Gasteiger partial charge in [0.15, 0.2) is 5.11 Å². The predicted octanol–water partition coefficient (Wildman–Crippen LogP) is 1.56. The first kappa shape index (κ1) is 13.3. The van der Waals surface area contributed by atoms with Crippen molar-refractivity contribution in [3.8, 4) is 0 Å². The molecule has 1 aromatic carbocycles. The molecule has 0 amide bonds. The Labute approximate surface area is 106 Å². The first-order valence-corrected chi connectivity index (χ1v) is 5.49. The van der Waals surface area contributed by atoms with Gasteiger partial charge in [-0.1, -0.05) is 30.3 Å². The fourth-order valence-electron chi connectivity index (χ4n) is 1.13. The van der Waals surface area contributed by atoms with E-state index in [0.717, 1.165) is 11.1 Å². The summed E-state index contributed by atoms with van der Waals surface area (Å²) in [6.07, 6.45) is 3.37. The van der Waals surface area contributed by atoms with Gasteiger partial charge >= 0.3 is 0 Å². The van der Waals surface area contributed by atoms with Crippen LogP contribution in [0.4, 0.5) is 0 Å². The van der Waals surface area contributed by atoms with Gasteiger partial charge in [0.25, 0.3) is 0 Å². The normalized spacial score (nSPS) is 10.4. The molecule has 0 heterocycles. The lowest BCUT2D eigenvalue weighted by atomic mass is 10.1. The molecule has 0 aromatic heterocycles. The number of benzene rings is 1. The van der Waals surface area contributed by atoms with Gasteiger partial charge in [0.1, 0.15) is 0 Å². The monoisotopic (exact) mass is 249 g/mol. The van der Waals surface area contributed by atoms with Crippen LogP contribution >= 0.6 is 12.2 Å². The third kappa shape index (κ3) is 5.79. The van der Waals surface area contributed by atoms with Crippen LogP contribution in [-0.2, 0) is 11.3 Å². The molecule has 5 heteroatoms. The minimum absolute atomic E-state index is 0.149. The Morgan fingerprint density at radius 2 is 2.18 bits per heavy atom. The summed E-state index contributed by atoms with van der Waals surface area (Å²) in [5, 5.41) is 4.01. The van der Waals surface area contributed by atoms with E-state index in [1.54, 1.807) is 12.3 Å². The molecular formula is C12H15N3OS. The van der Waals surface area contributed by atoms with Gasteiger partial charge < -0.3 is 10.5 Å². The predicted molar refractivity (Wildman–Crippen MR) is 73.8 cm³/mol. The number of nitrogens with one attached hydrogen (secondary N) is 1. The highest BCUT2D eigenvalue weighted by Gasteiger charge is 1.93. The van der Waals surface area contributed by atoms with Crippen molar-refractivity contribution >= 4 is 23.5 Å². The van der Waals surface area contributed by atoms with Crippen LogP contribution in [-0.4, -0.2) is 17.9 Å². The second-order valence-corrected chi connectivity index (χ2v) is 3.72. The van der Waals surface area contributed by atoms with E-state index in [1.165, 1.54) is 0 Å². The molecule has 4 nitrogen and oxygen atoms in total. The van der Waals surface area contributed by atoms with Gasteiger partial charge in [0.2, 0.25) is 0 Å². The number of thiocarbonyl (C=S) groups is 1. The molecule has 0 saturated heterocycles. The molecule has 3 N–H and O–H groups in total. The smallest absolute Gasteiger partial charge is 0.184 e. The van der Waals surface area contributed by atoms with Gasteiger partial charge in [-0.25, -0.2) is 0 Å². The van der Waals surface area contributed by atoms with Crippen molar-refractivity contribution in [2.75, 3.05) is 6.61 Å². The minimum Gasteiger partial charge on any atom is -0.375 e. The molecule has 0 unspecified atom stereocenters. The van der Waals surface area contributed by atoms with Crippen LogP contribution < -0.4 is 11.2 Å². The lowest BCUT2D eigenvalue weighted by molar-refractivity contribution is 0.149. The van der Waals surface area contributed by atoms with Crippen LogP contribution in [0.25, 0.3) is 0 Å². The Morgan fingerprint density at radius 3 is 2.76 bits per heavy atom. The van der Waals surface area contributed by atoms with Crippen LogP contribution in [0.15, 0.2) is 42.0 Å². The van der Waals surface area contributed by atoms with Crippen LogP contribution in [0.1, 0.15) is 11.1 Å². The fourth-order valence-corrected chi connectivity index (χ4v) is 1.18. The Hall–Kier alpha value is -1.72. The summed E-state index contributed by atoms with van der Waals surface area (Å²) >= 11 is 4.62. The molecule has 1 aromatic rings. The summed E-state index contributed by atoms with van der Waals surface area (Å²) in [5.74, 6) is 0. The summed E-state index contributed by atoms with van der Waals surface area (Å²) in [6, 6.07) is 7.84. The van der Waals surface area contributed by atoms with Gasteiger partial charge in [-0.15, -0.1) is 6.58 Å². The summed E-state index contributed by atoms with van der Waals surface area (Å²) in [6.45, 7) is 4.72. The number of nitrogens with two attached hydrogens (primary N) is 1. The molecule has 1 rings (SSSR count). The highest BCUT2D eigenvalue weighted by atomic mass is 32.1. The highest BCUT2D eigenvalue weighted by molar-refractivity contribution is 7.80. The van der Waals surface area contributed by atoms with E-state index < -0.39 is 0 Å². The van der Waals surface area contributed by atoms with Crippen molar-refractivity contribution in [1.82, 2.24) is 5.43 Å². The average Bonchev–Trinajstić information content (AvgIpc) is 2.31. The van der Waals surface area contributed by atoms with E-state index in [4.69, 9.17) is 10.5 Å². The zero-order chi connectivity index (χ0) is 12.5. The minimum atomic E-state index is 0.149. The number of hydrogen-bond donors (Lipinski definition) is 2. The second-order valence-electron chi connectivity index (χ2n) is 3.28. The second kappa shape index (κ2) is 7.54. The van der Waals surface area contributed by atoms with Gasteiger partial charge in [-0.05, 0) is 23.3 Å². The molecule has 0 bridgehead atoms. The third-order valence-electron chi connectivity index (χ3n) is 1.87. The lowest BCUT2D eigenvalue weighted by Crippen LogP contribution is -2.23. The number of hydrazone groups is 1. The Kier molecular flexibility index (Phi) is 5.92. The maximum absolute atomic E-state index is 5.32. The summed E-state index contributed by atoms with van der Waals surface area (Å²) in [5.41, 5.74) is 9.79. The molecule has 0 aliphatic carbocycles. The number of nitrogens with zero attached hydrogens (tertiary/aromatic N) is 1. The van der Waals surface area contributed by atoms with Gasteiger partial charge in [0, 0.05) is 0 Å². The Balaban J connectivity index is 2.46. The SMILES string of the molecule is C=CCOCc1ccc(C=NNC(N)=S)cc1. The first-order chi connectivity index (χ1) is 8.22. The molecular weight excluding hydrogens is 234 g/mol. The first-order valence-electron chi connectivity index (χ1n) is 5.08. The van der Waals surface area contributed by atoms with Crippen molar-refractivity contribution in [1.29, 1.82) is 0 Å². The molecule has 0 spiro atoms. The zero-order valence-corrected chi connectivity index (χ0v) is 10.2. The van der Waals surface area contributed by atoms with Crippen LogP contribution in [0.2, 0.25) is 0 Å². The number of hydrogen-bond acceptors (Lipinski definition) is 3. The maximum atomic E-state index is 5.32. The molecule has 17 heavy (non-hydrogen) atoms. The van der Waals surface area contributed by atoms with E-state index in [1.807, 2.05) is 24.3 Å². The van der Waals surface area contributed by atoms with E-state index in [0.29, 0.717) is 13.2 Å². The Bertz CT molecular complexity index is 401.